The number of amides is 1. The maximum atomic E-state index is 12.0. The van der Waals surface area contributed by atoms with Crippen LogP contribution in [0.3, 0.4) is 0 Å². The van der Waals surface area contributed by atoms with Crippen molar-refractivity contribution in [1.82, 2.24) is 5.32 Å². The van der Waals surface area contributed by atoms with Gasteiger partial charge in [-0.2, -0.15) is 0 Å². The minimum atomic E-state index is -0.453. The number of benzene rings is 1. The number of Topliss-reactive ketones (excluding diaryl/α,β-unsaturated/α-hetero) is 1. The molecule has 1 saturated carbocycles. The topological polar surface area (TPSA) is 46.2 Å². The van der Waals surface area contributed by atoms with Crippen molar-refractivity contribution in [1.29, 1.82) is 0 Å². The molecule has 1 aromatic rings. The molecule has 0 aliphatic heterocycles. The van der Waals surface area contributed by atoms with Crippen molar-refractivity contribution in [3.8, 4) is 0 Å². The van der Waals surface area contributed by atoms with Crippen LogP contribution in [-0.4, -0.2) is 17.2 Å². The van der Waals surface area contributed by atoms with Gasteiger partial charge in [0.2, 0.25) is 5.78 Å². The van der Waals surface area contributed by atoms with Gasteiger partial charge < -0.3 is 5.32 Å². The van der Waals surface area contributed by atoms with Gasteiger partial charge in [-0.25, -0.2) is 0 Å². The second-order valence-electron chi connectivity index (χ2n) is 5.93. The lowest BCUT2D eigenvalue weighted by atomic mass is 10.1. The van der Waals surface area contributed by atoms with E-state index in [0.29, 0.717) is 0 Å². The molecule has 1 aromatic carbocycles. The summed E-state index contributed by atoms with van der Waals surface area (Å²) < 4.78 is 0. The predicted octanol–water partition coefficient (Wildman–Crippen LogP) is 2.27. The van der Waals surface area contributed by atoms with E-state index < -0.39 is 5.91 Å². The molecule has 0 radical (unpaired) electrons. The molecular formula is C15H19NO2. The lowest BCUT2D eigenvalue weighted by molar-refractivity contribution is -0.139. The van der Waals surface area contributed by atoms with Crippen LogP contribution in [0, 0.1) is 5.92 Å². The zero-order valence-corrected chi connectivity index (χ0v) is 11.1. The summed E-state index contributed by atoms with van der Waals surface area (Å²) in [7, 11) is 0. The van der Waals surface area contributed by atoms with E-state index in [1.807, 2.05) is 51.1 Å². The van der Waals surface area contributed by atoms with E-state index in [-0.39, 0.29) is 23.2 Å². The Morgan fingerprint density at radius 1 is 1.17 bits per heavy atom. The maximum Gasteiger partial charge on any atom is 0.288 e. The standard InChI is InChI=1S/C15H19NO2/c1-15(2,3)16-14(18)13(17)12-9-11(12)10-7-5-4-6-8-10/h4-8,11-12H,9H2,1-3H3,(H,16,18). The van der Waals surface area contributed by atoms with Crippen molar-refractivity contribution in [3.05, 3.63) is 35.9 Å². The second kappa shape index (κ2) is 4.56. The predicted molar refractivity (Wildman–Crippen MR) is 70.2 cm³/mol. The first-order valence-corrected chi connectivity index (χ1v) is 6.30. The van der Waals surface area contributed by atoms with E-state index >= 15 is 0 Å². The Bertz CT molecular complexity index is 459. The van der Waals surface area contributed by atoms with E-state index in [2.05, 4.69) is 5.32 Å². The van der Waals surface area contributed by atoms with Crippen LogP contribution in [0.15, 0.2) is 30.3 Å². The molecule has 3 heteroatoms. The molecular weight excluding hydrogens is 226 g/mol. The Labute approximate surface area is 108 Å². The molecule has 2 atom stereocenters. The molecule has 1 aliphatic rings. The number of rotatable bonds is 3. The first kappa shape index (κ1) is 12.8. The molecule has 2 rings (SSSR count). The smallest absolute Gasteiger partial charge is 0.288 e. The summed E-state index contributed by atoms with van der Waals surface area (Å²) in [6.07, 6.45) is 0.792. The fourth-order valence-electron chi connectivity index (χ4n) is 2.12. The summed E-state index contributed by atoms with van der Waals surface area (Å²) in [5, 5.41) is 2.72. The third-order valence-electron chi connectivity index (χ3n) is 3.07. The SMILES string of the molecule is CC(C)(C)NC(=O)C(=O)C1CC1c1ccccc1. The zero-order valence-electron chi connectivity index (χ0n) is 11.1. The largest absolute Gasteiger partial charge is 0.345 e. The summed E-state index contributed by atoms with van der Waals surface area (Å²) in [5.41, 5.74) is 0.795. The zero-order chi connectivity index (χ0) is 13.3. The number of carbonyl (C=O) groups excluding carboxylic acids is 2. The first-order valence-electron chi connectivity index (χ1n) is 6.30. The fraction of sp³-hybridized carbons (Fsp3) is 0.467. The third-order valence-corrected chi connectivity index (χ3v) is 3.07. The molecule has 0 bridgehead atoms. The quantitative estimate of drug-likeness (QED) is 0.830. The van der Waals surface area contributed by atoms with Gasteiger partial charge in [-0.3, -0.25) is 9.59 Å². The molecule has 1 fully saturated rings. The Hall–Kier alpha value is -1.64. The summed E-state index contributed by atoms with van der Waals surface area (Å²) in [4.78, 5) is 23.7. The molecule has 1 amide bonds. The highest BCUT2D eigenvalue weighted by Gasteiger charge is 2.46. The van der Waals surface area contributed by atoms with Gasteiger partial charge in [-0.05, 0) is 38.7 Å². The molecule has 0 aromatic heterocycles. The molecule has 0 saturated heterocycles. The van der Waals surface area contributed by atoms with Crippen molar-refractivity contribution in [2.75, 3.05) is 0 Å². The monoisotopic (exact) mass is 245 g/mol. The molecule has 3 nitrogen and oxygen atoms in total. The summed E-state index contributed by atoms with van der Waals surface area (Å²) in [5.74, 6) is -0.635. The van der Waals surface area contributed by atoms with Gasteiger partial charge in [-0.1, -0.05) is 30.3 Å². The first-order chi connectivity index (χ1) is 8.38. The van der Waals surface area contributed by atoms with Crippen molar-refractivity contribution in [2.45, 2.75) is 38.6 Å². The van der Waals surface area contributed by atoms with Crippen LogP contribution in [0.4, 0.5) is 0 Å². The average Bonchev–Trinajstić information content (AvgIpc) is 3.07. The molecule has 1 aliphatic carbocycles. The van der Waals surface area contributed by atoms with Gasteiger partial charge in [0.15, 0.2) is 0 Å². The number of hydrogen-bond donors (Lipinski definition) is 1. The number of hydrogen-bond acceptors (Lipinski definition) is 2. The minimum Gasteiger partial charge on any atom is -0.345 e. The van der Waals surface area contributed by atoms with Gasteiger partial charge >= 0.3 is 0 Å². The van der Waals surface area contributed by atoms with Crippen LogP contribution in [0.5, 0.6) is 0 Å². The number of carbonyl (C=O) groups is 2. The van der Waals surface area contributed by atoms with E-state index in [9.17, 15) is 9.59 Å². The Balaban J connectivity index is 1.96. The highest BCUT2D eigenvalue weighted by molar-refractivity contribution is 6.38. The fourth-order valence-corrected chi connectivity index (χ4v) is 2.12. The van der Waals surface area contributed by atoms with Gasteiger partial charge in [0.05, 0.1) is 0 Å². The van der Waals surface area contributed by atoms with E-state index in [1.54, 1.807) is 0 Å². The van der Waals surface area contributed by atoms with Crippen LogP contribution >= 0.6 is 0 Å². The van der Waals surface area contributed by atoms with Crippen LogP contribution in [0.1, 0.15) is 38.7 Å². The lowest BCUT2D eigenvalue weighted by Gasteiger charge is -2.19. The van der Waals surface area contributed by atoms with E-state index in [4.69, 9.17) is 0 Å². The van der Waals surface area contributed by atoms with Crippen molar-refractivity contribution in [2.24, 2.45) is 5.92 Å². The van der Waals surface area contributed by atoms with E-state index in [0.717, 1.165) is 12.0 Å². The minimum absolute atomic E-state index is 0.130. The molecule has 0 spiro atoms. The Morgan fingerprint density at radius 3 is 2.33 bits per heavy atom. The van der Waals surface area contributed by atoms with E-state index in [1.165, 1.54) is 0 Å². The molecule has 96 valence electrons. The van der Waals surface area contributed by atoms with Gasteiger partial charge in [0.1, 0.15) is 0 Å². The molecule has 18 heavy (non-hydrogen) atoms. The third kappa shape index (κ3) is 2.97. The maximum absolute atomic E-state index is 12.0. The highest BCUT2D eigenvalue weighted by Crippen LogP contribution is 2.47. The van der Waals surface area contributed by atoms with Crippen molar-refractivity contribution >= 4 is 11.7 Å². The molecule has 1 N–H and O–H groups in total. The number of nitrogens with one attached hydrogen (secondary N) is 1. The lowest BCUT2D eigenvalue weighted by Crippen LogP contribution is -2.44. The normalized spacial score (nSPS) is 22.4. The average molecular weight is 245 g/mol. The summed E-state index contributed by atoms with van der Waals surface area (Å²) in [6, 6.07) is 9.91. The summed E-state index contributed by atoms with van der Waals surface area (Å²) >= 11 is 0. The summed E-state index contributed by atoms with van der Waals surface area (Å²) in [6.45, 7) is 5.62. The van der Waals surface area contributed by atoms with Gasteiger partial charge in [0.25, 0.3) is 5.91 Å². The van der Waals surface area contributed by atoms with Crippen molar-refractivity contribution in [3.63, 3.8) is 0 Å². The highest BCUT2D eigenvalue weighted by atomic mass is 16.2. The van der Waals surface area contributed by atoms with Crippen LogP contribution in [-0.2, 0) is 9.59 Å². The van der Waals surface area contributed by atoms with Crippen LogP contribution in [0.25, 0.3) is 0 Å². The number of ketones is 1. The van der Waals surface area contributed by atoms with Crippen LogP contribution in [0.2, 0.25) is 0 Å². The van der Waals surface area contributed by atoms with Gasteiger partial charge in [-0.15, -0.1) is 0 Å². The van der Waals surface area contributed by atoms with Crippen molar-refractivity contribution < 1.29 is 9.59 Å². The Morgan fingerprint density at radius 2 is 1.78 bits per heavy atom. The molecule has 0 heterocycles. The van der Waals surface area contributed by atoms with Gasteiger partial charge in [0, 0.05) is 11.5 Å². The Kier molecular flexibility index (Phi) is 3.24. The van der Waals surface area contributed by atoms with Crippen LogP contribution < -0.4 is 5.32 Å². The molecule has 2 unspecified atom stereocenters. The second-order valence-corrected chi connectivity index (χ2v) is 5.93.